The quantitative estimate of drug-likeness (QED) is 0.750. The number of nitrogens with zero attached hydrogens (tertiary/aromatic N) is 3. The molecular weight excluding hydrogens is 316 g/mol. The monoisotopic (exact) mass is 338 g/mol. The summed E-state index contributed by atoms with van der Waals surface area (Å²) in [5.41, 5.74) is 0. The Morgan fingerprint density at radius 1 is 1.45 bits per heavy atom. The first-order valence-electron chi connectivity index (χ1n) is 7.48. The SMILES string of the molecule is CCn1c(SCC(=O)NCCC(C)C)nnc1-c1cccs1. The Morgan fingerprint density at radius 2 is 2.27 bits per heavy atom. The molecule has 0 unspecified atom stereocenters. The number of rotatable bonds is 8. The number of carbonyl (C=O) groups is 1. The number of hydrogen-bond acceptors (Lipinski definition) is 5. The van der Waals surface area contributed by atoms with Gasteiger partial charge in [-0.05, 0) is 30.7 Å². The molecule has 0 spiro atoms. The minimum Gasteiger partial charge on any atom is -0.355 e. The molecule has 2 heterocycles. The average molecular weight is 339 g/mol. The van der Waals surface area contributed by atoms with Gasteiger partial charge >= 0.3 is 0 Å². The van der Waals surface area contributed by atoms with Gasteiger partial charge < -0.3 is 9.88 Å². The maximum absolute atomic E-state index is 11.8. The molecule has 22 heavy (non-hydrogen) atoms. The predicted molar refractivity (Wildman–Crippen MR) is 92.2 cm³/mol. The summed E-state index contributed by atoms with van der Waals surface area (Å²) >= 11 is 3.08. The molecule has 2 rings (SSSR count). The molecule has 0 aliphatic heterocycles. The molecule has 2 aromatic heterocycles. The van der Waals surface area contributed by atoms with Crippen molar-refractivity contribution in [2.24, 2.45) is 5.92 Å². The van der Waals surface area contributed by atoms with Gasteiger partial charge in [-0.1, -0.05) is 31.7 Å². The Labute approximate surface area is 139 Å². The van der Waals surface area contributed by atoms with Crippen LogP contribution in [0.15, 0.2) is 22.7 Å². The van der Waals surface area contributed by atoms with Crippen molar-refractivity contribution in [1.29, 1.82) is 0 Å². The van der Waals surface area contributed by atoms with Crippen molar-refractivity contribution in [2.75, 3.05) is 12.3 Å². The Morgan fingerprint density at radius 3 is 2.91 bits per heavy atom. The number of aromatic nitrogens is 3. The molecule has 2 aromatic rings. The highest BCUT2D eigenvalue weighted by Crippen LogP contribution is 2.26. The molecule has 1 amide bonds. The third-order valence-electron chi connectivity index (χ3n) is 3.15. The van der Waals surface area contributed by atoms with Gasteiger partial charge in [0.15, 0.2) is 11.0 Å². The number of carbonyl (C=O) groups excluding carboxylic acids is 1. The third kappa shape index (κ3) is 4.58. The number of thiophene rings is 1. The number of thioether (sulfide) groups is 1. The first kappa shape index (κ1) is 17.0. The molecule has 5 nitrogen and oxygen atoms in total. The zero-order valence-corrected chi connectivity index (χ0v) is 14.8. The van der Waals surface area contributed by atoms with E-state index in [2.05, 4.69) is 40.9 Å². The Bertz CT molecular complexity index is 593. The molecular formula is C15H22N4OS2. The van der Waals surface area contributed by atoms with E-state index in [-0.39, 0.29) is 5.91 Å². The second-order valence-corrected chi connectivity index (χ2v) is 7.24. The van der Waals surface area contributed by atoms with Gasteiger partial charge in [0.05, 0.1) is 10.6 Å². The first-order valence-corrected chi connectivity index (χ1v) is 9.35. The van der Waals surface area contributed by atoms with Gasteiger partial charge in [0.1, 0.15) is 0 Å². The summed E-state index contributed by atoms with van der Waals surface area (Å²) in [6, 6.07) is 4.04. The molecule has 0 aliphatic carbocycles. The molecule has 0 saturated carbocycles. The van der Waals surface area contributed by atoms with Crippen LogP contribution in [-0.4, -0.2) is 33.0 Å². The lowest BCUT2D eigenvalue weighted by Gasteiger charge is -2.08. The second-order valence-electron chi connectivity index (χ2n) is 5.35. The molecule has 0 aromatic carbocycles. The van der Waals surface area contributed by atoms with Gasteiger partial charge in [-0.15, -0.1) is 21.5 Å². The van der Waals surface area contributed by atoms with Crippen LogP contribution in [0.25, 0.3) is 10.7 Å². The second kappa shape index (κ2) is 8.33. The first-order chi connectivity index (χ1) is 10.6. The van der Waals surface area contributed by atoms with E-state index in [1.807, 2.05) is 17.5 Å². The standard InChI is InChI=1S/C15H22N4OS2/c1-4-19-14(12-6-5-9-21-12)17-18-15(19)22-10-13(20)16-8-7-11(2)3/h5-6,9,11H,4,7-8,10H2,1-3H3,(H,16,20). The summed E-state index contributed by atoms with van der Waals surface area (Å²) in [5, 5.41) is 14.3. The maximum atomic E-state index is 11.8. The van der Waals surface area contributed by atoms with Crippen LogP contribution in [0.5, 0.6) is 0 Å². The molecule has 0 radical (unpaired) electrons. The van der Waals surface area contributed by atoms with Crippen molar-refractivity contribution in [2.45, 2.75) is 38.9 Å². The van der Waals surface area contributed by atoms with E-state index >= 15 is 0 Å². The minimum absolute atomic E-state index is 0.0500. The fourth-order valence-corrected chi connectivity index (χ4v) is 3.50. The topological polar surface area (TPSA) is 59.8 Å². The van der Waals surface area contributed by atoms with Crippen molar-refractivity contribution >= 4 is 29.0 Å². The van der Waals surface area contributed by atoms with Crippen LogP contribution < -0.4 is 5.32 Å². The highest BCUT2D eigenvalue weighted by molar-refractivity contribution is 7.99. The van der Waals surface area contributed by atoms with Gasteiger partial charge in [0, 0.05) is 13.1 Å². The predicted octanol–water partition coefficient (Wildman–Crippen LogP) is 3.28. The van der Waals surface area contributed by atoms with Gasteiger partial charge in [-0.2, -0.15) is 0 Å². The lowest BCUT2D eigenvalue weighted by molar-refractivity contribution is -0.118. The van der Waals surface area contributed by atoms with Crippen molar-refractivity contribution in [3.63, 3.8) is 0 Å². The number of amides is 1. The van der Waals surface area contributed by atoms with E-state index in [1.54, 1.807) is 11.3 Å². The molecule has 0 saturated heterocycles. The smallest absolute Gasteiger partial charge is 0.230 e. The van der Waals surface area contributed by atoms with Crippen LogP contribution in [0.2, 0.25) is 0 Å². The van der Waals surface area contributed by atoms with Crippen molar-refractivity contribution in [3.05, 3.63) is 17.5 Å². The summed E-state index contributed by atoms with van der Waals surface area (Å²) in [6.45, 7) is 7.89. The van der Waals surface area contributed by atoms with E-state index in [9.17, 15) is 4.79 Å². The molecule has 0 aliphatic rings. The summed E-state index contributed by atoms with van der Waals surface area (Å²) in [6.07, 6.45) is 1.00. The highest BCUT2D eigenvalue weighted by atomic mass is 32.2. The minimum atomic E-state index is 0.0500. The summed E-state index contributed by atoms with van der Waals surface area (Å²) in [5.74, 6) is 1.90. The lowest BCUT2D eigenvalue weighted by atomic mass is 10.1. The average Bonchev–Trinajstić information content (AvgIpc) is 3.13. The third-order valence-corrected chi connectivity index (χ3v) is 4.98. The largest absolute Gasteiger partial charge is 0.355 e. The van der Waals surface area contributed by atoms with Crippen LogP contribution >= 0.6 is 23.1 Å². The van der Waals surface area contributed by atoms with E-state index in [4.69, 9.17) is 0 Å². The van der Waals surface area contributed by atoms with Crippen molar-refractivity contribution < 1.29 is 4.79 Å². The van der Waals surface area contributed by atoms with Gasteiger partial charge in [-0.3, -0.25) is 4.79 Å². The van der Waals surface area contributed by atoms with Crippen LogP contribution in [0.3, 0.4) is 0 Å². The van der Waals surface area contributed by atoms with Crippen LogP contribution in [0.4, 0.5) is 0 Å². The summed E-state index contributed by atoms with van der Waals surface area (Å²) in [7, 11) is 0. The van der Waals surface area contributed by atoms with Crippen molar-refractivity contribution in [1.82, 2.24) is 20.1 Å². The zero-order valence-electron chi connectivity index (χ0n) is 13.2. The summed E-state index contributed by atoms with van der Waals surface area (Å²) < 4.78 is 2.05. The molecule has 7 heteroatoms. The van der Waals surface area contributed by atoms with Gasteiger partial charge in [-0.25, -0.2) is 0 Å². The van der Waals surface area contributed by atoms with Crippen LogP contribution in [0, 0.1) is 5.92 Å². The number of nitrogens with one attached hydrogen (secondary N) is 1. The molecule has 0 fully saturated rings. The Balaban J connectivity index is 1.92. The van der Waals surface area contributed by atoms with Gasteiger partial charge in [0.25, 0.3) is 0 Å². The molecule has 120 valence electrons. The summed E-state index contributed by atoms with van der Waals surface area (Å²) in [4.78, 5) is 12.9. The molecule has 0 bridgehead atoms. The maximum Gasteiger partial charge on any atom is 0.230 e. The van der Waals surface area contributed by atoms with E-state index < -0.39 is 0 Å². The van der Waals surface area contributed by atoms with Gasteiger partial charge in [0.2, 0.25) is 5.91 Å². The van der Waals surface area contributed by atoms with E-state index in [0.29, 0.717) is 11.7 Å². The molecule has 1 N–H and O–H groups in total. The molecule has 0 atom stereocenters. The Kier molecular flexibility index (Phi) is 6.45. The fraction of sp³-hybridized carbons (Fsp3) is 0.533. The fourth-order valence-electron chi connectivity index (χ4n) is 1.95. The lowest BCUT2D eigenvalue weighted by Crippen LogP contribution is -2.27. The van der Waals surface area contributed by atoms with E-state index in [0.717, 1.165) is 35.4 Å². The Hall–Kier alpha value is -1.34. The zero-order chi connectivity index (χ0) is 15.9. The normalized spacial score (nSPS) is 11.1. The van der Waals surface area contributed by atoms with Crippen LogP contribution in [0.1, 0.15) is 27.2 Å². The number of hydrogen-bond donors (Lipinski definition) is 1. The highest BCUT2D eigenvalue weighted by Gasteiger charge is 2.14. The van der Waals surface area contributed by atoms with E-state index in [1.165, 1.54) is 11.8 Å². The van der Waals surface area contributed by atoms with Crippen molar-refractivity contribution in [3.8, 4) is 10.7 Å². The van der Waals surface area contributed by atoms with Crippen LogP contribution in [-0.2, 0) is 11.3 Å².